The van der Waals surface area contributed by atoms with Crippen LogP contribution >= 0.6 is 11.8 Å². The van der Waals surface area contributed by atoms with Gasteiger partial charge in [-0.05, 0) is 25.7 Å². The predicted molar refractivity (Wildman–Crippen MR) is 90.7 cm³/mol. The molecule has 0 spiro atoms. The van der Waals surface area contributed by atoms with Crippen molar-refractivity contribution in [3.05, 3.63) is 11.6 Å². The number of hydrogen-bond acceptors (Lipinski definition) is 5. The molecule has 0 aliphatic carbocycles. The van der Waals surface area contributed by atoms with Gasteiger partial charge in [0.05, 0.1) is 6.04 Å². The molecule has 4 heterocycles. The van der Waals surface area contributed by atoms with Crippen LogP contribution in [-0.2, 0) is 17.8 Å². The fourth-order valence-electron chi connectivity index (χ4n) is 3.91. The Morgan fingerprint density at radius 1 is 1.12 bits per heavy atom. The average Bonchev–Trinajstić information content (AvgIpc) is 3.25. The van der Waals surface area contributed by atoms with Gasteiger partial charge in [-0.1, -0.05) is 18.2 Å². The average molecular weight is 349 g/mol. The van der Waals surface area contributed by atoms with Crippen LogP contribution in [0.3, 0.4) is 0 Å². The molecule has 0 bridgehead atoms. The molecular weight excluding hydrogens is 326 g/mol. The summed E-state index contributed by atoms with van der Waals surface area (Å²) in [5, 5.41) is 8.84. The molecule has 0 unspecified atom stereocenters. The minimum atomic E-state index is 0.0159. The molecule has 4 rings (SSSR count). The number of rotatable bonds is 3. The van der Waals surface area contributed by atoms with E-state index in [4.69, 9.17) is 0 Å². The molecule has 8 heteroatoms. The number of carbonyl (C=O) groups is 2. The van der Waals surface area contributed by atoms with Crippen molar-refractivity contribution in [1.29, 1.82) is 0 Å². The summed E-state index contributed by atoms with van der Waals surface area (Å²) in [5.41, 5.74) is 0. The summed E-state index contributed by atoms with van der Waals surface area (Å²) in [6, 6.07) is 0.0159. The zero-order chi connectivity index (χ0) is 16.5. The molecule has 24 heavy (non-hydrogen) atoms. The number of aryl methyl sites for hydroxylation is 1. The molecule has 0 saturated carbocycles. The first-order valence-electron chi connectivity index (χ1n) is 8.87. The molecule has 2 fully saturated rings. The summed E-state index contributed by atoms with van der Waals surface area (Å²) in [4.78, 5) is 28.1. The first kappa shape index (κ1) is 15.9. The standard InChI is InChI=1S/C16H23N5O2S/c22-14(11-19-9-10-24-16(19)23)20-8-4-5-12(20)15-18-17-13-6-2-1-3-7-21(13)15/h12H,1-11H2/t12-/m0/s1. The second-order valence-electron chi connectivity index (χ2n) is 6.72. The summed E-state index contributed by atoms with van der Waals surface area (Å²) in [7, 11) is 0. The maximum Gasteiger partial charge on any atom is 0.282 e. The van der Waals surface area contributed by atoms with Crippen molar-refractivity contribution in [3.63, 3.8) is 0 Å². The van der Waals surface area contributed by atoms with Crippen molar-refractivity contribution < 1.29 is 9.59 Å². The van der Waals surface area contributed by atoms with E-state index in [2.05, 4.69) is 14.8 Å². The Kier molecular flexibility index (Phi) is 4.47. The van der Waals surface area contributed by atoms with Gasteiger partial charge in [-0.15, -0.1) is 10.2 Å². The van der Waals surface area contributed by atoms with Crippen LogP contribution in [0.2, 0.25) is 0 Å². The number of aromatic nitrogens is 3. The summed E-state index contributed by atoms with van der Waals surface area (Å²) in [5.74, 6) is 2.83. The minimum absolute atomic E-state index is 0.0159. The molecule has 3 aliphatic rings. The lowest BCUT2D eigenvalue weighted by Gasteiger charge is -2.26. The second-order valence-corrected chi connectivity index (χ2v) is 7.76. The maximum atomic E-state index is 12.8. The van der Waals surface area contributed by atoms with E-state index in [0.717, 1.165) is 56.2 Å². The van der Waals surface area contributed by atoms with E-state index in [1.165, 1.54) is 24.6 Å². The van der Waals surface area contributed by atoms with Crippen LogP contribution in [0.1, 0.15) is 49.8 Å². The van der Waals surface area contributed by atoms with E-state index in [0.29, 0.717) is 6.54 Å². The number of thioether (sulfide) groups is 1. The molecule has 0 radical (unpaired) electrons. The van der Waals surface area contributed by atoms with Gasteiger partial charge in [0.25, 0.3) is 5.24 Å². The third-order valence-corrected chi connectivity index (χ3v) is 6.07. The Hall–Kier alpha value is -1.57. The number of fused-ring (bicyclic) bond motifs is 1. The quantitative estimate of drug-likeness (QED) is 0.833. The normalized spacial score (nSPS) is 24.3. The summed E-state index contributed by atoms with van der Waals surface area (Å²) in [6.07, 6.45) is 6.45. The molecule has 7 nitrogen and oxygen atoms in total. The molecule has 1 aromatic heterocycles. The third-order valence-electron chi connectivity index (χ3n) is 5.18. The van der Waals surface area contributed by atoms with Gasteiger partial charge in [0.15, 0.2) is 5.82 Å². The van der Waals surface area contributed by atoms with Crippen LogP contribution in [0.5, 0.6) is 0 Å². The van der Waals surface area contributed by atoms with E-state index in [9.17, 15) is 9.59 Å². The molecule has 0 aromatic carbocycles. The van der Waals surface area contributed by atoms with Crippen LogP contribution in [0.15, 0.2) is 0 Å². The Bertz CT molecular complexity index is 646. The fourth-order valence-corrected chi connectivity index (χ4v) is 4.74. The van der Waals surface area contributed by atoms with E-state index >= 15 is 0 Å². The van der Waals surface area contributed by atoms with Gasteiger partial charge in [0.1, 0.15) is 12.4 Å². The lowest BCUT2D eigenvalue weighted by molar-refractivity contribution is -0.132. The van der Waals surface area contributed by atoms with Crippen LogP contribution in [0.4, 0.5) is 4.79 Å². The maximum absolute atomic E-state index is 12.8. The van der Waals surface area contributed by atoms with E-state index < -0.39 is 0 Å². The highest BCUT2D eigenvalue weighted by Gasteiger charge is 2.36. The Morgan fingerprint density at radius 3 is 2.88 bits per heavy atom. The van der Waals surface area contributed by atoms with Gasteiger partial charge in [0.2, 0.25) is 5.91 Å². The fraction of sp³-hybridized carbons (Fsp3) is 0.750. The smallest absolute Gasteiger partial charge is 0.282 e. The lowest BCUT2D eigenvalue weighted by atomic mass is 10.2. The number of hydrogen-bond donors (Lipinski definition) is 0. The van der Waals surface area contributed by atoms with Crippen LogP contribution in [-0.4, -0.2) is 61.1 Å². The highest BCUT2D eigenvalue weighted by molar-refractivity contribution is 8.13. The largest absolute Gasteiger partial charge is 0.331 e. The van der Waals surface area contributed by atoms with E-state index in [1.807, 2.05) is 4.90 Å². The summed E-state index contributed by atoms with van der Waals surface area (Å²) in [6.45, 7) is 2.58. The van der Waals surface area contributed by atoms with Gasteiger partial charge in [0, 0.05) is 31.8 Å². The first-order valence-corrected chi connectivity index (χ1v) is 9.86. The highest BCUT2D eigenvalue weighted by atomic mass is 32.2. The third kappa shape index (κ3) is 2.92. The first-order chi connectivity index (χ1) is 11.7. The SMILES string of the molecule is O=C1SCCN1CC(=O)N1CCC[C@H]1c1nnc2n1CCCCC2. The number of nitrogens with zero attached hydrogens (tertiary/aromatic N) is 5. The van der Waals surface area contributed by atoms with Crippen molar-refractivity contribution in [2.45, 2.75) is 51.1 Å². The Balaban J connectivity index is 1.51. The van der Waals surface area contributed by atoms with Crippen LogP contribution in [0, 0.1) is 0 Å². The minimum Gasteiger partial charge on any atom is -0.331 e. The van der Waals surface area contributed by atoms with Crippen molar-refractivity contribution >= 4 is 22.9 Å². The summed E-state index contributed by atoms with van der Waals surface area (Å²) >= 11 is 1.30. The van der Waals surface area contributed by atoms with Crippen molar-refractivity contribution in [1.82, 2.24) is 24.6 Å². The molecule has 3 aliphatic heterocycles. The lowest BCUT2D eigenvalue weighted by Crippen LogP contribution is -2.40. The van der Waals surface area contributed by atoms with E-state index in [-0.39, 0.29) is 23.7 Å². The number of likely N-dealkylation sites (tertiary alicyclic amines) is 1. The molecule has 130 valence electrons. The zero-order valence-corrected chi connectivity index (χ0v) is 14.6. The van der Waals surface area contributed by atoms with Crippen molar-refractivity contribution in [2.24, 2.45) is 0 Å². The zero-order valence-electron chi connectivity index (χ0n) is 13.8. The molecule has 2 saturated heterocycles. The topological polar surface area (TPSA) is 71.3 Å². The summed E-state index contributed by atoms with van der Waals surface area (Å²) < 4.78 is 2.24. The number of carbonyl (C=O) groups excluding carboxylic acids is 2. The molecular formula is C16H23N5O2S. The number of amides is 2. The molecule has 1 aromatic rings. The molecule has 1 atom stereocenters. The van der Waals surface area contributed by atoms with Crippen LogP contribution < -0.4 is 0 Å². The second kappa shape index (κ2) is 6.74. The van der Waals surface area contributed by atoms with E-state index in [1.54, 1.807) is 4.90 Å². The van der Waals surface area contributed by atoms with Gasteiger partial charge in [-0.2, -0.15) is 0 Å². The Morgan fingerprint density at radius 2 is 2.04 bits per heavy atom. The molecule has 0 N–H and O–H groups in total. The monoisotopic (exact) mass is 349 g/mol. The Labute approximate surface area is 145 Å². The predicted octanol–water partition coefficient (Wildman–Crippen LogP) is 1.84. The van der Waals surface area contributed by atoms with Crippen LogP contribution in [0.25, 0.3) is 0 Å². The van der Waals surface area contributed by atoms with Gasteiger partial charge >= 0.3 is 0 Å². The van der Waals surface area contributed by atoms with Gasteiger partial charge < -0.3 is 14.4 Å². The van der Waals surface area contributed by atoms with Crippen molar-refractivity contribution in [3.8, 4) is 0 Å². The van der Waals surface area contributed by atoms with Gasteiger partial charge in [-0.25, -0.2) is 0 Å². The van der Waals surface area contributed by atoms with Gasteiger partial charge in [-0.3, -0.25) is 9.59 Å². The van der Waals surface area contributed by atoms with Crippen molar-refractivity contribution in [2.75, 3.05) is 25.4 Å². The highest BCUT2D eigenvalue weighted by Crippen LogP contribution is 2.32. The molecule has 2 amide bonds.